The highest BCUT2D eigenvalue weighted by atomic mass is 16.2. The van der Waals surface area contributed by atoms with Gasteiger partial charge in [-0.2, -0.15) is 5.10 Å². The summed E-state index contributed by atoms with van der Waals surface area (Å²) in [6, 6.07) is 7.24. The number of hydrogen-bond acceptors (Lipinski definition) is 3. The summed E-state index contributed by atoms with van der Waals surface area (Å²) in [6.07, 6.45) is 5.96. The summed E-state index contributed by atoms with van der Waals surface area (Å²) < 4.78 is 1.83. The first kappa shape index (κ1) is 13.8. The highest BCUT2D eigenvalue weighted by molar-refractivity contribution is 6.05. The number of aromatic amines is 2. The molecule has 0 unspecified atom stereocenters. The Morgan fingerprint density at radius 3 is 2.83 bits per heavy atom. The first-order valence-electron chi connectivity index (χ1n) is 7.77. The third-order valence-electron chi connectivity index (χ3n) is 4.42. The fraction of sp³-hybridized carbons (Fsp3) is 0.312. The predicted molar refractivity (Wildman–Crippen MR) is 86.6 cm³/mol. The van der Waals surface area contributed by atoms with Crippen molar-refractivity contribution in [2.45, 2.75) is 31.7 Å². The fourth-order valence-electron chi connectivity index (χ4n) is 3.32. The number of fused-ring (bicyclic) bond motifs is 1. The normalized spacial score (nSPS) is 15.3. The van der Waals surface area contributed by atoms with Crippen molar-refractivity contribution in [1.29, 1.82) is 0 Å². The Hall–Kier alpha value is -2.83. The topological polar surface area (TPSA) is 95.6 Å². The van der Waals surface area contributed by atoms with Crippen molar-refractivity contribution in [2.24, 2.45) is 0 Å². The maximum Gasteiger partial charge on any atom is 0.326 e. The van der Waals surface area contributed by atoms with E-state index in [1.54, 1.807) is 24.4 Å². The average molecular weight is 311 g/mol. The van der Waals surface area contributed by atoms with Crippen LogP contribution in [0.3, 0.4) is 0 Å². The molecular formula is C16H17N5O2. The lowest BCUT2D eigenvalue weighted by molar-refractivity contribution is 0.102. The predicted octanol–water partition coefficient (Wildman–Crippen LogP) is 2.42. The van der Waals surface area contributed by atoms with Crippen LogP contribution in [0.25, 0.3) is 11.0 Å². The molecule has 0 aliphatic heterocycles. The molecule has 7 nitrogen and oxygen atoms in total. The largest absolute Gasteiger partial charge is 0.326 e. The molecule has 4 rings (SSSR count). The Kier molecular flexibility index (Phi) is 3.25. The van der Waals surface area contributed by atoms with E-state index in [2.05, 4.69) is 20.5 Å². The van der Waals surface area contributed by atoms with Crippen LogP contribution in [-0.2, 0) is 0 Å². The number of carbonyl (C=O) groups excluding carboxylic acids is 1. The van der Waals surface area contributed by atoms with E-state index < -0.39 is 0 Å². The van der Waals surface area contributed by atoms with Crippen LogP contribution in [0.2, 0.25) is 0 Å². The Balaban J connectivity index is 1.68. The molecule has 0 spiro atoms. The van der Waals surface area contributed by atoms with Gasteiger partial charge in [0.1, 0.15) is 5.82 Å². The van der Waals surface area contributed by atoms with E-state index in [9.17, 15) is 9.59 Å². The molecule has 3 N–H and O–H groups in total. The van der Waals surface area contributed by atoms with Gasteiger partial charge in [-0.05, 0) is 31.0 Å². The standard InChI is InChI=1S/C16H17N5O2/c22-15(19-14-7-8-17-20-14)10-5-6-13-12(9-10)18-16(23)21(13)11-3-1-2-4-11/h5-9,11H,1-4H2,(H,18,23)(H2,17,19,20,22). The number of H-pyrrole nitrogens is 2. The zero-order valence-corrected chi connectivity index (χ0v) is 12.5. The molecule has 23 heavy (non-hydrogen) atoms. The van der Waals surface area contributed by atoms with E-state index in [0.29, 0.717) is 16.9 Å². The Bertz CT molecular complexity index is 900. The van der Waals surface area contributed by atoms with Gasteiger partial charge in [-0.1, -0.05) is 12.8 Å². The number of anilines is 1. The molecule has 2 heterocycles. The number of imidazole rings is 1. The van der Waals surface area contributed by atoms with Crippen LogP contribution in [0.1, 0.15) is 42.1 Å². The van der Waals surface area contributed by atoms with Gasteiger partial charge in [-0.3, -0.25) is 14.5 Å². The molecule has 7 heteroatoms. The lowest BCUT2D eigenvalue weighted by Gasteiger charge is -2.11. The van der Waals surface area contributed by atoms with E-state index in [0.717, 1.165) is 31.2 Å². The minimum Gasteiger partial charge on any atom is -0.307 e. The van der Waals surface area contributed by atoms with Crippen molar-refractivity contribution < 1.29 is 4.79 Å². The maximum atomic E-state index is 12.3. The van der Waals surface area contributed by atoms with Crippen LogP contribution in [0.15, 0.2) is 35.3 Å². The van der Waals surface area contributed by atoms with Gasteiger partial charge in [-0.15, -0.1) is 0 Å². The van der Waals surface area contributed by atoms with Crippen molar-refractivity contribution >= 4 is 22.8 Å². The molecule has 1 aromatic carbocycles. The van der Waals surface area contributed by atoms with E-state index >= 15 is 0 Å². The molecule has 0 saturated heterocycles. The number of rotatable bonds is 3. The molecule has 1 amide bonds. The fourth-order valence-corrected chi connectivity index (χ4v) is 3.32. The van der Waals surface area contributed by atoms with E-state index in [-0.39, 0.29) is 17.6 Å². The molecule has 3 aromatic rings. The van der Waals surface area contributed by atoms with Crippen LogP contribution in [0.5, 0.6) is 0 Å². The van der Waals surface area contributed by atoms with Gasteiger partial charge in [0.15, 0.2) is 0 Å². The number of benzene rings is 1. The van der Waals surface area contributed by atoms with Crippen molar-refractivity contribution in [1.82, 2.24) is 19.7 Å². The third kappa shape index (κ3) is 2.44. The number of nitrogens with zero attached hydrogens (tertiary/aromatic N) is 2. The van der Waals surface area contributed by atoms with Crippen molar-refractivity contribution in [3.8, 4) is 0 Å². The molecule has 1 saturated carbocycles. The smallest absolute Gasteiger partial charge is 0.307 e. The van der Waals surface area contributed by atoms with Gasteiger partial charge in [0.25, 0.3) is 5.91 Å². The van der Waals surface area contributed by atoms with E-state index in [4.69, 9.17) is 0 Å². The summed E-state index contributed by atoms with van der Waals surface area (Å²) in [5, 5.41) is 9.19. The molecule has 2 aromatic heterocycles. The molecule has 0 bridgehead atoms. The van der Waals surface area contributed by atoms with Crippen LogP contribution in [0, 0.1) is 0 Å². The van der Waals surface area contributed by atoms with E-state index in [1.165, 1.54) is 0 Å². The molecule has 118 valence electrons. The van der Waals surface area contributed by atoms with Gasteiger partial charge in [0, 0.05) is 17.7 Å². The zero-order chi connectivity index (χ0) is 15.8. The van der Waals surface area contributed by atoms with Crippen molar-refractivity contribution in [3.63, 3.8) is 0 Å². The Morgan fingerprint density at radius 2 is 2.09 bits per heavy atom. The van der Waals surface area contributed by atoms with Gasteiger partial charge < -0.3 is 10.3 Å². The zero-order valence-electron chi connectivity index (χ0n) is 12.5. The number of carbonyl (C=O) groups is 1. The summed E-state index contributed by atoms with van der Waals surface area (Å²) in [6.45, 7) is 0. The second-order valence-corrected chi connectivity index (χ2v) is 5.89. The highest BCUT2D eigenvalue weighted by Crippen LogP contribution is 2.30. The maximum absolute atomic E-state index is 12.3. The summed E-state index contributed by atoms with van der Waals surface area (Å²) in [5.74, 6) is 0.290. The minimum atomic E-state index is -0.245. The monoisotopic (exact) mass is 311 g/mol. The Labute approximate surface area is 131 Å². The van der Waals surface area contributed by atoms with Gasteiger partial charge in [0.05, 0.1) is 17.2 Å². The molecule has 0 atom stereocenters. The van der Waals surface area contributed by atoms with E-state index in [1.807, 2.05) is 10.6 Å². The van der Waals surface area contributed by atoms with Crippen LogP contribution < -0.4 is 11.0 Å². The molecule has 1 aliphatic carbocycles. The summed E-state index contributed by atoms with van der Waals surface area (Å²) in [7, 11) is 0. The minimum absolute atomic E-state index is 0.0990. The lowest BCUT2D eigenvalue weighted by atomic mass is 10.1. The summed E-state index contributed by atoms with van der Waals surface area (Å²) in [5.41, 5.74) is 1.95. The average Bonchev–Trinajstić information content (AvgIpc) is 3.25. The lowest BCUT2D eigenvalue weighted by Crippen LogP contribution is -2.20. The van der Waals surface area contributed by atoms with Crippen molar-refractivity contribution in [3.05, 3.63) is 46.5 Å². The highest BCUT2D eigenvalue weighted by Gasteiger charge is 2.21. The van der Waals surface area contributed by atoms with Crippen LogP contribution >= 0.6 is 0 Å². The molecule has 1 aliphatic rings. The first-order chi connectivity index (χ1) is 11.2. The third-order valence-corrected chi connectivity index (χ3v) is 4.42. The Morgan fingerprint density at radius 1 is 1.26 bits per heavy atom. The van der Waals surface area contributed by atoms with Gasteiger partial charge >= 0.3 is 5.69 Å². The second kappa shape index (κ2) is 5.42. The number of hydrogen-bond donors (Lipinski definition) is 3. The second-order valence-electron chi connectivity index (χ2n) is 5.89. The van der Waals surface area contributed by atoms with Crippen molar-refractivity contribution in [2.75, 3.05) is 5.32 Å². The summed E-state index contributed by atoms with van der Waals surface area (Å²) in [4.78, 5) is 27.4. The SMILES string of the molecule is O=C(Nc1ccn[nH]1)c1ccc2c(c1)[nH]c(=O)n2C1CCCC1. The number of aromatic nitrogens is 4. The number of nitrogens with one attached hydrogen (secondary N) is 3. The molecular weight excluding hydrogens is 294 g/mol. The number of amides is 1. The summed E-state index contributed by atoms with van der Waals surface area (Å²) >= 11 is 0. The van der Waals surface area contributed by atoms with Crippen LogP contribution in [-0.4, -0.2) is 25.7 Å². The van der Waals surface area contributed by atoms with Crippen LogP contribution in [0.4, 0.5) is 5.82 Å². The van der Waals surface area contributed by atoms with Gasteiger partial charge in [0.2, 0.25) is 0 Å². The molecule has 1 fully saturated rings. The van der Waals surface area contributed by atoms with Gasteiger partial charge in [-0.25, -0.2) is 4.79 Å². The molecule has 0 radical (unpaired) electrons. The first-order valence-corrected chi connectivity index (χ1v) is 7.77. The quantitative estimate of drug-likeness (QED) is 0.693.